The van der Waals surface area contributed by atoms with Crippen molar-refractivity contribution < 1.29 is 14.3 Å². The summed E-state index contributed by atoms with van der Waals surface area (Å²) in [6.07, 6.45) is 1.32. The first kappa shape index (κ1) is 13.3. The van der Waals surface area contributed by atoms with Crippen molar-refractivity contribution in [1.82, 2.24) is 5.32 Å². The number of nitrogens with one attached hydrogen (secondary N) is 1. The van der Waals surface area contributed by atoms with E-state index in [-0.39, 0.29) is 29.6 Å². The van der Waals surface area contributed by atoms with Crippen molar-refractivity contribution in [3.63, 3.8) is 0 Å². The van der Waals surface area contributed by atoms with E-state index in [1.165, 1.54) is 7.11 Å². The normalized spacial score (nSPS) is 35.9. The Morgan fingerprint density at radius 3 is 2.70 bits per heavy atom. The standard InChI is InChI=1S/C16H19NO3/c1-16(15(19)20-2)11-8-9-12(18)13(11)14(17-16)10-6-4-3-5-7-10/h3-7,11,13-14,17H,8-9H2,1-2H3/t11-,13-,14+,16+/m1/s1. The van der Waals surface area contributed by atoms with Crippen LogP contribution in [0, 0.1) is 11.8 Å². The highest BCUT2D eigenvalue weighted by Crippen LogP contribution is 2.50. The van der Waals surface area contributed by atoms with Gasteiger partial charge in [0.15, 0.2) is 0 Å². The maximum Gasteiger partial charge on any atom is 0.326 e. The first-order valence-corrected chi connectivity index (χ1v) is 7.01. The third kappa shape index (κ3) is 1.79. The predicted octanol–water partition coefficient (Wildman–Crippen LogP) is 1.86. The van der Waals surface area contributed by atoms with E-state index in [2.05, 4.69) is 5.32 Å². The lowest BCUT2D eigenvalue weighted by Crippen LogP contribution is -2.50. The van der Waals surface area contributed by atoms with Crippen LogP contribution in [0.3, 0.4) is 0 Å². The predicted molar refractivity (Wildman–Crippen MR) is 74.0 cm³/mol. The molecule has 20 heavy (non-hydrogen) atoms. The van der Waals surface area contributed by atoms with E-state index in [9.17, 15) is 9.59 Å². The third-order valence-corrected chi connectivity index (χ3v) is 4.83. The molecule has 1 aliphatic carbocycles. The van der Waals surface area contributed by atoms with E-state index in [0.29, 0.717) is 6.42 Å². The van der Waals surface area contributed by atoms with Crippen LogP contribution in [0.1, 0.15) is 31.4 Å². The van der Waals surface area contributed by atoms with Gasteiger partial charge in [-0.2, -0.15) is 0 Å². The lowest BCUT2D eigenvalue weighted by molar-refractivity contribution is -0.149. The van der Waals surface area contributed by atoms with Crippen molar-refractivity contribution in [2.45, 2.75) is 31.3 Å². The quantitative estimate of drug-likeness (QED) is 0.836. The summed E-state index contributed by atoms with van der Waals surface area (Å²) in [6, 6.07) is 9.78. The monoisotopic (exact) mass is 273 g/mol. The molecule has 1 N–H and O–H groups in total. The number of fused-ring (bicyclic) bond motifs is 1. The summed E-state index contributed by atoms with van der Waals surface area (Å²) >= 11 is 0. The lowest BCUT2D eigenvalue weighted by atomic mass is 9.81. The maximum absolute atomic E-state index is 12.2. The molecule has 0 aromatic heterocycles. The highest BCUT2D eigenvalue weighted by atomic mass is 16.5. The van der Waals surface area contributed by atoms with Gasteiger partial charge < -0.3 is 4.74 Å². The molecule has 106 valence electrons. The van der Waals surface area contributed by atoms with Crippen molar-refractivity contribution in [3.8, 4) is 0 Å². The van der Waals surface area contributed by atoms with Crippen molar-refractivity contribution in [2.24, 2.45) is 11.8 Å². The van der Waals surface area contributed by atoms with Crippen molar-refractivity contribution in [3.05, 3.63) is 35.9 Å². The van der Waals surface area contributed by atoms with Gasteiger partial charge in [-0.15, -0.1) is 0 Å². The van der Waals surface area contributed by atoms with Crippen LogP contribution in [0.15, 0.2) is 30.3 Å². The molecule has 3 rings (SSSR count). The summed E-state index contributed by atoms with van der Waals surface area (Å²) in [7, 11) is 1.40. The average Bonchev–Trinajstić information content (AvgIpc) is 3.00. The number of rotatable bonds is 2. The zero-order valence-corrected chi connectivity index (χ0v) is 11.8. The number of ketones is 1. The SMILES string of the molecule is COC(=O)[C@@]1(C)N[C@@H](c2ccccc2)[C@H]2C(=O)CC[C@H]21. The van der Waals surface area contributed by atoms with Crippen LogP contribution in [0.2, 0.25) is 0 Å². The summed E-state index contributed by atoms with van der Waals surface area (Å²) in [5, 5.41) is 3.37. The largest absolute Gasteiger partial charge is 0.468 e. The molecule has 1 aromatic rings. The third-order valence-electron chi connectivity index (χ3n) is 4.83. The van der Waals surface area contributed by atoms with E-state index in [0.717, 1.165) is 12.0 Å². The molecule has 0 bridgehead atoms. The number of carbonyl (C=O) groups is 2. The van der Waals surface area contributed by atoms with Crippen LogP contribution in [0.25, 0.3) is 0 Å². The minimum Gasteiger partial charge on any atom is -0.468 e. The fraction of sp³-hybridized carbons (Fsp3) is 0.500. The van der Waals surface area contributed by atoms with Gasteiger partial charge in [0, 0.05) is 18.4 Å². The molecule has 4 atom stereocenters. The van der Waals surface area contributed by atoms with Gasteiger partial charge in [0.2, 0.25) is 0 Å². The summed E-state index contributed by atoms with van der Waals surface area (Å²) in [5.41, 5.74) is 0.289. The number of methoxy groups -OCH3 is 1. The minimum absolute atomic E-state index is 0.0210. The van der Waals surface area contributed by atoms with Gasteiger partial charge in [0.1, 0.15) is 11.3 Å². The van der Waals surface area contributed by atoms with Gasteiger partial charge in [-0.3, -0.25) is 14.9 Å². The van der Waals surface area contributed by atoms with Gasteiger partial charge in [-0.1, -0.05) is 30.3 Å². The topological polar surface area (TPSA) is 55.4 Å². The smallest absolute Gasteiger partial charge is 0.326 e. The Kier molecular flexibility index (Phi) is 3.13. The summed E-state index contributed by atoms with van der Waals surface area (Å²) < 4.78 is 4.95. The Balaban J connectivity index is 2.01. The van der Waals surface area contributed by atoms with Crippen LogP contribution in [-0.2, 0) is 14.3 Å². The first-order valence-electron chi connectivity index (χ1n) is 7.01. The average molecular weight is 273 g/mol. The number of hydrogen-bond acceptors (Lipinski definition) is 4. The van der Waals surface area contributed by atoms with Gasteiger partial charge >= 0.3 is 5.97 Å². The van der Waals surface area contributed by atoms with Gasteiger partial charge in [-0.25, -0.2) is 0 Å². The highest BCUT2D eigenvalue weighted by Gasteiger charge is 2.60. The Bertz CT molecular complexity index is 542. The number of hydrogen-bond donors (Lipinski definition) is 1. The highest BCUT2D eigenvalue weighted by molar-refractivity contribution is 5.90. The van der Waals surface area contributed by atoms with E-state index < -0.39 is 5.54 Å². The molecule has 1 aromatic carbocycles. The number of carbonyl (C=O) groups excluding carboxylic acids is 2. The molecule has 0 radical (unpaired) electrons. The second-order valence-electron chi connectivity index (χ2n) is 5.86. The molecule has 0 spiro atoms. The van der Waals surface area contributed by atoms with Crippen LogP contribution < -0.4 is 5.32 Å². The number of Topliss-reactive ketones (excluding diaryl/α,β-unsaturated/α-hetero) is 1. The van der Waals surface area contributed by atoms with E-state index >= 15 is 0 Å². The summed E-state index contributed by atoms with van der Waals surface area (Å²) in [4.78, 5) is 24.4. The van der Waals surface area contributed by atoms with Crippen molar-refractivity contribution in [1.29, 1.82) is 0 Å². The Hall–Kier alpha value is -1.68. The molecular weight excluding hydrogens is 254 g/mol. The van der Waals surface area contributed by atoms with Gasteiger partial charge in [0.05, 0.1) is 7.11 Å². The number of esters is 1. The van der Waals surface area contributed by atoms with Crippen LogP contribution in [-0.4, -0.2) is 24.4 Å². The van der Waals surface area contributed by atoms with Crippen molar-refractivity contribution >= 4 is 11.8 Å². The van der Waals surface area contributed by atoms with Gasteiger partial charge in [0.25, 0.3) is 0 Å². The fourth-order valence-electron chi connectivity index (χ4n) is 3.83. The van der Waals surface area contributed by atoms with E-state index in [1.54, 1.807) is 0 Å². The molecule has 2 aliphatic rings. The molecule has 1 saturated carbocycles. The molecule has 1 saturated heterocycles. The lowest BCUT2D eigenvalue weighted by Gasteiger charge is -2.27. The molecule has 4 nitrogen and oxygen atoms in total. The molecule has 1 aliphatic heterocycles. The summed E-state index contributed by atoms with van der Waals surface area (Å²) in [5.74, 6) is -0.126. The van der Waals surface area contributed by atoms with Crippen molar-refractivity contribution in [2.75, 3.05) is 7.11 Å². The van der Waals surface area contributed by atoms with Gasteiger partial charge in [-0.05, 0) is 24.8 Å². The van der Waals surface area contributed by atoms with Crippen LogP contribution in [0.5, 0.6) is 0 Å². The molecular formula is C16H19NO3. The zero-order chi connectivity index (χ0) is 14.3. The number of benzene rings is 1. The number of ether oxygens (including phenoxy) is 1. The fourth-order valence-corrected chi connectivity index (χ4v) is 3.83. The summed E-state index contributed by atoms with van der Waals surface area (Å²) in [6.45, 7) is 1.86. The Labute approximate surface area is 118 Å². The van der Waals surface area contributed by atoms with E-state index in [1.807, 2.05) is 37.3 Å². The second kappa shape index (κ2) is 4.70. The Morgan fingerprint density at radius 1 is 1.35 bits per heavy atom. The maximum atomic E-state index is 12.2. The second-order valence-corrected chi connectivity index (χ2v) is 5.86. The molecule has 0 amide bonds. The Morgan fingerprint density at radius 2 is 2.05 bits per heavy atom. The molecule has 4 heteroatoms. The molecule has 0 unspecified atom stereocenters. The zero-order valence-electron chi connectivity index (χ0n) is 11.8. The minimum atomic E-state index is -0.772. The van der Waals surface area contributed by atoms with Crippen LogP contribution >= 0.6 is 0 Å². The van der Waals surface area contributed by atoms with E-state index in [4.69, 9.17) is 4.74 Å². The van der Waals surface area contributed by atoms with Crippen LogP contribution in [0.4, 0.5) is 0 Å². The first-order chi connectivity index (χ1) is 9.58. The molecule has 2 fully saturated rings. The molecule has 1 heterocycles.